The fourth-order valence-electron chi connectivity index (χ4n) is 8.83. The maximum Gasteiger partial charge on any atom is 0.145 e. The van der Waals surface area contributed by atoms with E-state index in [4.69, 9.17) is 9.97 Å². The van der Waals surface area contributed by atoms with E-state index in [1.807, 2.05) is 0 Å². The first-order valence-electron chi connectivity index (χ1n) is 17.8. The molecule has 0 aliphatic heterocycles. The van der Waals surface area contributed by atoms with Gasteiger partial charge in [-0.1, -0.05) is 131 Å². The van der Waals surface area contributed by atoms with Gasteiger partial charge in [-0.25, -0.2) is 9.97 Å². The van der Waals surface area contributed by atoms with E-state index in [1.165, 1.54) is 55.5 Å². The van der Waals surface area contributed by atoms with E-state index in [2.05, 4.69) is 184 Å². The smallest absolute Gasteiger partial charge is 0.145 e. The molecule has 8 aromatic rings. The van der Waals surface area contributed by atoms with Crippen LogP contribution in [0.25, 0.3) is 72.5 Å². The highest BCUT2D eigenvalue weighted by Gasteiger charge is 2.49. The average molecular weight is 656 g/mol. The molecule has 0 unspecified atom stereocenters. The van der Waals surface area contributed by atoms with Gasteiger partial charge in [0.2, 0.25) is 0 Å². The molecule has 0 spiro atoms. The standard InChI is InChI=1S/C48H37N3/c1-47(2)38-28-33(30-18-20-32(21-19-30)46-50-42-16-10-11-17-43(42)51(46)35-13-6-5-7-14-35)22-25-36(38)44-45(47)37-26-23-34(29-39(37)48(44,3)4)41-27-24-31-12-8-9-15-40(31)49-41/h5-29H,1-4H3. The number of allylic oxidation sites excluding steroid dienone is 2. The van der Waals surface area contributed by atoms with E-state index >= 15 is 0 Å². The Kier molecular flexibility index (Phi) is 6.27. The zero-order valence-corrected chi connectivity index (χ0v) is 29.3. The summed E-state index contributed by atoms with van der Waals surface area (Å²) in [5.74, 6) is 0.949. The van der Waals surface area contributed by atoms with Crippen LogP contribution in [0, 0.1) is 0 Å². The minimum Gasteiger partial charge on any atom is -0.292 e. The molecule has 6 aromatic carbocycles. The van der Waals surface area contributed by atoms with Crippen molar-refractivity contribution in [2.75, 3.05) is 0 Å². The fourth-order valence-corrected chi connectivity index (χ4v) is 8.83. The predicted molar refractivity (Wildman–Crippen MR) is 212 cm³/mol. The summed E-state index contributed by atoms with van der Waals surface area (Å²) < 4.78 is 2.26. The number of benzene rings is 6. The van der Waals surface area contributed by atoms with Crippen molar-refractivity contribution in [1.29, 1.82) is 0 Å². The molecule has 0 radical (unpaired) electrons. The minimum absolute atomic E-state index is 0.132. The van der Waals surface area contributed by atoms with Crippen molar-refractivity contribution >= 4 is 33.1 Å². The second-order valence-corrected chi connectivity index (χ2v) is 15.1. The molecule has 0 amide bonds. The first kappa shape index (κ1) is 29.8. The third-order valence-electron chi connectivity index (χ3n) is 11.4. The molecule has 0 fully saturated rings. The van der Waals surface area contributed by atoms with Crippen LogP contribution < -0.4 is 0 Å². The normalized spacial score (nSPS) is 15.3. The van der Waals surface area contributed by atoms with Crippen LogP contribution in [0.15, 0.2) is 152 Å². The molecule has 0 saturated carbocycles. The van der Waals surface area contributed by atoms with Crippen molar-refractivity contribution in [1.82, 2.24) is 14.5 Å². The Bertz CT molecular complexity index is 2730. The SMILES string of the molecule is CC1(C)C2=C(c3ccc(-c4ccc(-c5nc6ccccc6n5-c5ccccc5)cc4)cc31)C(C)(C)c1cc(-c3ccc4ccccc4n3)ccc12. The van der Waals surface area contributed by atoms with Crippen LogP contribution in [-0.2, 0) is 10.8 Å². The second kappa shape index (κ2) is 10.7. The van der Waals surface area contributed by atoms with Gasteiger partial charge in [0.25, 0.3) is 0 Å². The van der Waals surface area contributed by atoms with Crippen LogP contribution in [-0.4, -0.2) is 14.5 Å². The lowest BCUT2D eigenvalue weighted by molar-refractivity contribution is 0.694. The number of imidazole rings is 1. The van der Waals surface area contributed by atoms with Crippen molar-refractivity contribution in [3.8, 4) is 39.5 Å². The highest BCUT2D eigenvalue weighted by atomic mass is 15.1. The van der Waals surface area contributed by atoms with Gasteiger partial charge in [0.15, 0.2) is 0 Å². The fraction of sp³-hybridized carbons (Fsp3) is 0.125. The molecule has 0 atom stereocenters. The molecule has 51 heavy (non-hydrogen) atoms. The quantitative estimate of drug-likeness (QED) is 0.189. The Morgan fingerprint density at radius 1 is 0.451 bits per heavy atom. The van der Waals surface area contributed by atoms with Crippen molar-refractivity contribution in [2.24, 2.45) is 0 Å². The lowest BCUT2D eigenvalue weighted by Gasteiger charge is -2.28. The molecule has 244 valence electrons. The van der Waals surface area contributed by atoms with Gasteiger partial charge >= 0.3 is 0 Å². The van der Waals surface area contributed by atoms with E-state index in [0.29, 0.717) is 0 Å². The van der Waals surface area contributed by atoms with E-state index in [0.717, 1.165) is 39.3 Å². The van der Waals surface area contributed by atoms with Crippen LogP contribution in [0.1, 0.15) is 49.9 Å². The Morgan fingerprint density at radius 3 is 1.75 bits per heavy atom. The summed E-state index contributed by atoms with van der Waals surface area (Å²) in [6, 6.07) is 54.6. The molecule has 2 aliphatic rings. The molecule has 10 rings (SSSR count). The lowest BCUT2D eigenvalue weighted by Crippen LogP contribution is -2.19. The minimum atomic E-state index is -0.133. The van der Waals surface area contributed by atoms with Crippen molar-refractivity contribution < 1.29 is 0 Å². The lowest BCUT2D eigenvalue weighted by atomic mass is 9.75. The van der Waals surface area contributed by atoms with Gasteiger partial charge in [-0.3, -0.25) is 4.57 Å². The van der Waals surface area contributed by atoms with Gasteiger partial charge in [-0.15, -0.1) is 0 Å². The third kappa shape index (κ3) is 4.37. The Morgan fingerprint density at radius 2 is 1.02 bits per heavy atom. The van der Waals surface area contributed by atoms with Gasteiger partial charge in [0.1, 0.15) is 5.82 Å². The molecule has 3 nitrogen and oxygen atoms in total. The van der Waals surface area contributed by atoms with Gasteiger partial charge in [-0.2, -0.15) is 0 Å². The largest absolute Gasteiger partial charge is 0.292 e. The third-order valence-corrected chi connectivity index (χ3v) is 11.4. The molecular weight excluding hydrogens is 619 g/mol. The molecule has 0 bridgehead atoms. The van der Waals surface area contributed by atoms with Crippen LogP contribution in [0.2, 0.25) is 0 Å². The maximum atomic E-state index is 5.08. The summed E-state index contributed by atoms with van der Waals surface area (Å²) in [7, 11) is 0. The second-order valence-electron chi connectivity index (χ2n) is 15.1. The van der Waals surface area contributed by atoms with E-state index in [-0.39, 0.29) is 10.8 Å². The van der Waals surface area contributed by atoms with Crippen molar-refractivity contribution in [3.05, 3.63) is 174 Å². The summed E-state index contributed by atoms with van der Waals surface area (Å²) in [6.45, 7) is 9.59. The molecule has 2 aliphatic carbocycles. The van der Waals surface area contributed by atoms with E-state index in [9.17, 15) is 0 Å². The highest BCUT2D eigenvalue weighted by molar-refractivity contribution is 6.10. The van der Waals surface area contributed by atoms with Gasteiger partial charge in [0.05, 0.1) is 22.2 Å². The Labute approximate surface area is 298 Å². The van der Waals surface area contributed by atoms with Crippen LogP contribution in [0.3, 0.4) is 0 Å². The van der Waals surface area contributed by atoms with E-state index in [1.54, 1.807) is 0 Å². The number of hydrogen-bond donors (Lipinski definition) is 0. The summed E-state index contributed by atoms with van der Waals surface area (Å²) >= 11 is 0. The topological polar surface area (TPSA) is 30.7 Å². The summed E-state index contributed by atoms with van der Waals surface area (Å²) in [5, 5.41) is 1.17. The Hall–Kier alpha value is -6.06. The van der Waals surface area contributed by atoms with Crippen LogP contribution in [0.4, 0.5) is 0 Å². The first-order valence-corrected chi connectivity index (χ1v) is 17.8. The zero-order chi connectivity index (χ0) is 34.5. The van der Waals surface area contributed by atoms with E-state index < -0.39 is 0 Å². The number of pyridine rings is 1. The monoisotopic (exact) mass is 655 g/mol. The van der Waals surface area contributed by atoms with Crippen LogP contribution in [0.5, 0.6) is 0 Å². The molecule has 0 saturated heterocycles. The summed E-state index contributed by atoms with van der Waals surface area (Å²) in [5.41, 5.74) is 18.2. The predicted octanol–water partition coefficient (Wildman–Crippen LogP) is 12.1. The molecular formula is C48H37N3. The van der Waals surface area contributed by atoms with Gasteiger partial charge in [-0.05, 0) is 93.1 Å². The Balaban J connectivity index is 1.00. The van der Waals surface area contributed by atoms with Gasteiger partial charge < -0.3 is 0 Å². The molecule has 2 aromatic heterocycles. The number of fused-ring (bicyclic) bond motifs is 6. The number of nitrogens with zero attached hydrogens (tertiary/aromatic N) is 3. The molecule has 3 heteroatoms. The summed E-state index contributed by atoms with van der Waals surface area (Å²) in [6.07, 6.45) is 0. The number of rotatable bonds is 4. The summed E-state index contributed by atoms with van der Waals surface area (Å²) in [4.78, 5) is 10.1. The first-order chi connectivity index (χ1) is 24.8. The molecule has 2 heterocycles. The van der Waals surface area contributed by atoms with Crippen molar-refractivity contribution in [3.63, 3.8) is 0 Å². The average Bonchev–Trinajstić information content (AvgIpc) is 3.76. The number of hydrogen-bond acceptors (Lipinski definition) is 2. The number of para-hydroxylation sites is 4. The molecule has 0 N–H and O–H groups in total. The maximum absolute atomic E-state index is 5.08. The van der Waals surface area contributed by atoms with Gasteiger partial charge in [0, 0.05) is 33.0 Å². The highest BCUT2D eigenvalue weighted by Crippen LogP contribution is 2.63. The van der Waals surface area contributed by atoms with Crippen LogP contribution >= 0.6 is 0 Å². The zero-order valence-electron chi connectivity index (χ0n) is 29.3. The van der Waals surface area contributed by atoms with Crippen molar-refractivity contribution in [2.45, 2.75) is 38.5 Å². The number of aromatic nitrogens is 3.